The molecule has 0 bridgehead atoms. The maximum Gasteiger partial charge on any atom is 0.313 e. The first-order chi connectivity index (χ1) is 10.6. The van der Waals surface area contributed by atoms with Gasteiger partial charge in [-0.05, 0) is 29.3 Å². The molecule has 2 amide bonds. The molecule has 0 saturated heterocycles. The Morgan fingerprint density at radius 3 is 2.41 bits per heavy atom. The van der Waals surface area contributed by atoms with E-state index in [-0.39, 0.29) is 13.2 Å². The van der Waals surface area contributed by atoms with E-state index in [4.69, 9.17) is 11.6 Å². The second-order valence-corrected chi connectivity index (χ2v) is 5.01. The van der Waals surface area contributed by atoms with Gasteiger partial charge >= 0.3 is 11.8 Å². The summed E-state index contributed by atoms with van der Waals surface area (Å²) in [5, 5.41) is 14.7. The van der Waals surface area contributed by atoms with Gasteiger partial charge in [0, 0.05) is 17.3 Å². The van der Waals surface area contributed by atoms with Crippen molar-refractivity contribution >= 4 is 29.1 Å². The number of halogens is 1. The summed E-state index contributed by atoms with van der Waals surface area (Å²) in [6, 6.07) is 13.7. The molecule has 0 unspecified atom stereocenters. The number of aliphatic hydroxyl groups excluding tert-OH is 1. The smallest absolute Gasteiger partial charge is 0.313 e. The molecule has 5 nitrogen and oxygen atoms in total. The van der Waals surface area contributed by atoms with Crippen LogP contribution in [-0.2, 0) is 22.7 Å². The zero-order valence-corrected chi connectivity index (χ0v) is 12.4. The Morgan fingerprint density at radius 1 is 1.00 bits per heavy atom. The van der Waals surface area contributed by atoms with Gasteiger partial charge in [0.05, 0.1) is 6.61 Å². The number of hydrogen-bond acceptors (Lipinski definition) is 3. The van der Waals surface area contributed by atoms with E-state index < -0.39 is 11.8 Å². The van der Waals surface area contributed by atoms with Crippen LogP contribution < -0.4 is 10.6 Å². The molecule has 2 aromatic carbocycles. The van der Waals surface area contributed by atoms with Crippen molar-refractivity contribution in [3.8, 4) is 0 Å². The van der Waals surface area contributed by atoms with Crippen LogP contribution in [0.3, 0.4) is 0 Å². The lowest BCUT2D eigenvalue weighted by Crippen LogP contribution is -2.35. The van der Waals surface area contributed by atoms with Gasteiger partial charge in [-0.15, -0.1) is 0 Å². The fraction of sp³-hybridized carbons (Fsp3) is 0.125. The molecule has 0 radical (unpaired) electrons. The lowest BCUT2D eigenvalue weighted by Gasteiger charge is -2.09. The quantitative estimate of drug-likeness (QED) is 0.755. The second kappa shape index (κ2) is 7.59. The summed E-state index contributed by atoms with van der Waals surface area (Å²) in [6.45, 7) is 0.0410. The summed E-state index contributed by atoms with van der Waals surface area (Å²) in [5.41, 5.74) is 1.91. The van der Waals surface area contributed by atoms with Gasteiger partial charge in [0.25, 0.3) is 0 Å². The molecule has 0 atom stereocenters. The van der Waals surface area contributed by atoms with Gasteiger partial charge in [-0.2, -0.15) is 0 Å². The third kappa shape index (κ3) is 4.31. The number of amides is 2. The van der Waals surface area contributed by atoms with Crippen LogP contribution in [0.4, 0.5) is 5.69 Å². The average Bonchev–Trinajstić information content (AvgIpc) is 2.52. The lowest BCUT2D eigenvalue weighted by atomic mass is 10.1. The van der Waals surface area contributed by atoms with Crippen molar-refractivity contribution in [2.45, 2.75) is 13.2 Å². The molecule has 2 rings (SSSR count). The molecule has 2 aromatic rings. The van der Waals surface area contributed by atoms with Crippen molar-refractivity contribution in [1.29, 1.82) is 0 Å². The number of carbonyl (C=O) groups is 2. The van der Waals surface area contributed by atoms with Crippen molar-refractivity contribution in [3.05, 3.63) is 64.7 Å². The maximum atomic E-state index is 11.8. The molecule has 114 valence electrons. The zero-order valence-electron chi connectivity index (χ0n) is 11.7. The van der Waals surface area contributed by atoms with Crippen LogP contribution >= 0.6 is 11.6 Å². The number of hydrogen-bond donors (Lipinski definition) is 3. The Kier molecular flexibility index (Phi) is 5.52. The predicted octanol–water partition coefficient (Wildman–Crippen LogP) is 2.09. The van der Waals surface area contributed by atoms with Crippen LogP contribution in [0.1, 0.15) is 11.1 Å². The van der Waals surface area contributed by atoms with E-state index in [9.17, 15) is 14.7 Å². The highest BCUT2D eigenvalue weighted by Gasteiger charge is 2.14. The summed E-state index contributed by atoms with van der Waals surface area (Å²) >= 11 is 5.81. The summed E-state index contributed by atoms with van der Waals surface area (Å²) in [7, 11) is 0. The van der Waals surface area contributed by atoms with Crippen molar-refractivity contribution in [2.75, 3.05) is 5.32 Å². The SMILES string of the molecule is O=C(NCc1ccccc1CO)C(=O)Nc1cccc(Cl)c1. The number of nitrogens with one attached hydrogen (secondary N) is 2. The first kappa shape index (κ1) is 16.0. The number of rotatable bonds is 4. The average molecular weight is 319 g/mol. The monoisotopic (exact) mass is 318 g/mol. The first-order valence-corrected chi connectivity index (χ1v) is 7.00. The van der Waals surface area contributed by atoms with Crippen LogP contribution in [0, 0.1) is 0 Å². The van der Waals surface area contributed by atoms with Crippen molar-refractivity contribution < 1.29 is 14.7 Å². The van der Waals surface area contributed by atoms with E-state index >= 15 is 0 Å². The standard InChI is InChI=1S/C16H15ClN2O3/c17-13-6-3-7-14(8-13)19-16(22)15(21)18-9-11-4-1-2-5-12(11)10-20/h1-8,20H,9-10H2,(H,18,21)(H,19,22). The minimum Gasteiger partial charge on any atom is -0.392 e. The molecule has 22 heavy (non-hydrogen) atoms. The minimum atomic E-state index is -0.774. The predicted molar refractivity (Wildman–Crippen MR) is 84.3 cm³/mol. The van der Waals surface area contributed by atoms with Crippen LogP contribution in [0.15, 0.2) is 48.5 Å². The molecule has 0 aliphatic carbocycles. The summed E-state index contributed by atoms with van der Waals surface area (Å²) < 4.78 is 0. The molecule has 0 aromatic heterocycles. The molecule has 6 heteroatoms. The number of aliphatic hydroxyl groups is 1. The highest BCUT2D eigenvalue weighted by molar-refractivity contribution is 6.39. The van der Waals surface area contributed by atoms with Crippen LogP contribution in [-0.4, -0.2) is 16.9 Å². The Balaban J connectivity index is 1.93. The molecule has 0 aliphatic heterocycles. The lowest BCUT2D eigenvalue weighted by molar-refractivity contribution is -0.136. The molecular formula is C16H15ClN2O3. The summed E-state index contributed by atoms with van der Waals surface area (Å²) in [4.78, 5) is 23.6. The largest absolute Gasteiger partial charge is 0.392 e. The fourth-order valence-corrected chi connectivity index (χ4v) is 2.08. The van der Waals surface area contributed by atoms with Gasteiger partial charge in [-0.25, -0.2) is 0 Å². The molecule has 0 aliphatic rings. The molecular weight excluding hydrogens is 304 g/mol. The third-order valence-corrected chi connectivity index (χ3v) is 3.25. The number of benzene rings is 2. The van der Waals surface area contributed by atoms with Crippen molar-refractivity contribution in [1.82, 2.24) is 5.32 Å². The second-order valence-electron chi connectivity index (χ2n) is 4.57. The Bertz CT molecular complexity index is 689. The van der Waals surface area contributed by atoms with Crippen LogP contribution in [0.2, 0.25) is 5.02 Å². The van der Waals surface area contributed by atoms with Crippen molar-refractivity contribution in [2.24, 2.45) is 0 Å². The normalized spacial score (nSPS) is 10.1. The zero-order chi connectivity index (χ0) is 15.9. The van der Waals surface area contributed by atoms with Gasteiger partial charge in [-0.3, -0.25) is 9.59 Å². The number of anilines is 1. The Labute approximate surface area is 132 Å². The van der Waals surface area contributed by atoms with Gasteiger partial charge in [0.15, 0.2) is 0 Å². The molecule has 0 spiro atoms. The van der Waals surface area contributed by atoms with E-state index in [1.54, 1.807) is 48.5 Å². The van der Waals surface area contributed by atoms with E-state index in [2.05, 4.69) is 10.6 Å². The maximum absolute atomic E-state index is 11.8. The molecule has 0 heterocycles. The third-order valence-electron chi connectivity index (χ3n) is 3.02. The van der Waals surface area contributed by atoms with Gasteiger partial charge in [0.2, 0.25) is 0 Å². The van der Waals surface area contributed by atoms with Gasteiger partial charge < -0.3 is 15.7 Å². The van der Waals surface area contributed by atoms with E-state index in [1.165, 1.54) is 0 Å². The van der Waals surface area contributed by atoms with Crippen LogP contribution in [0.5, 0.6) is 0 Å². The van der Waals surface area contributed by atoms with E-state index in [1.807, 2.05) is 0 Å². The van der Waals surface area contributed by atoms with Gasteiger partial charge in [-0.1, -0.05) is 41.9 Å². The Hall–Kier alpha value is -2.37. The molecule has 0 saturated carbocycles. The fourth-order valence-electron chi connectivity index (χ4n) is 1.89. The van der Waals surface area contributed by atoms with Crippen molar-refractivity contribution in [3.63, 3.8) is 0 Å². The summed E-state index contributed by atoms with van der Waals surface area (Å²) in [6.07, 6.45) is 0. The topological polar surface area (TPSA) is 78.4 Å². The highest BCUT2D eigenvalue weighted by atomic mass is 35.5. The summed E-state index contributed by atoms with van der Waals surface area (Å²) in [5.74, 6) is -1.53. The first-order valence-electron chi connectivity index (χ1n) is 6.62. The van der Waals surface area contributed by atoms with E-state index in [0.29, 0.717) is 16.3 Å². The minimum absolute atomic E-state index is 0.124. The van der Waals surface area contributed by atoms with Crippen LogP contribution in [0.25, 0.3) is 0 Å². The van der Waals surface area contributed by atoms with E-state index in [0.717, 1.165) is 5.56 Å². The highest BCUT2D eigenvalue weighted by Crippen LogP contribution is 2.14. The van der Waals surface area contributed by atoms with Gasteiger partial charge in [0.1, 0.15) is 0 Å². The number of carbonyl (C=O) groups excluding carboxylic acids is 2. The molecule has 0 fully saturated rings. The molecule has 3 N–H and O–H groups in total. The Morgan fingerprint density at radius 2 is 1.73 bits per heavy atom.